The van der Waals surface area contributed by atoms with E-state index in [4.69, 9.17) is 0 Å². The highest BCUT2D eigenvalue weighted by Crippen LogP contribution is 2.29. The number of hydrogen-bond donors (Lipinski definition) is 1. The molecule has 0 bridgehead atoms. The number of halogens is 1. The van der Waals surface area contributed by atoms with Gasteiger partial charge in [-0.3, -0.25) is 4.79 Å². The summed E-state index contributed by atoms with van der Waals surface area (Å²) < 4.78 is 15.2. The number of hydrogen-bond acceptors (Lipinski definition) is 3. The molecule has 0 saturated carbocycles. The van der Waals surface area contributed by atoms with Crippen LogP contribution in [0.25, 0.3) is 28.2 Å². The van der Waals surface area contributed by atoms with E-state index in [-0.39, 0.29) is 5.78 Å². The van der Waals surface area contributed by atoms with E-state index in [0.29, 0.717) is 22.7 Å². The average molecular weight is 420 g/mol. The molecular formula is C26H17FN4O. The number of aromatic amines is 1. The minimum Gasteiger partial charge on any atom is -0.337 e. The average Bonchev–Trinajstić information content (AvgIpc) is 3.36. The summed E-state index contributed by atoms with van der Waals surface area (Å²) in [5.74, 6) is -0.146. The summed E-state index contributed by atoms with van der Waals surface area (Å²) in [5, 5.41) is 9.86. The molecule has 3 heterocycles. The molecule has 154 valence electrons. The van der Waals surface area contributed by atoms with Gasteiger partial charge in [0.15, 0.2) is 0 Å². The van der Waals surface area contributed by atoms with Crippen LogP contribution in [-0.2, 0) is 0 Å². The fourth-order valence-electron chi connectivity index (χ4n) is 3.94. The second-order valence-corrected chi connectivity index (χ2v) is 7.45. The zero-order chi connectivity index (χ0) is 22.2. The highest BCUT2D eigenvalue weighted by molar-refractivity contribution is 6.11. The van der Waals surface area contributed by atoms with Gasteiger partial charge in [-0.25, -0.2) is 9.37 Å². The van der Waals surface area contributed by atoms with Crippen molar-refractivity contribution < 1.29 is 9.18 Å². The first-order valence-corrected chi connectivity index (χ1v) is 10.0. The summed E-state index contributed by atoms with van der Waals surface area (Å²) in [6.07, 6.45) is 3.56. The van der Waals surface area contributed by atoms with Crippen LogP contribution in [0.15, 0.2) is 72.9 Å². The molecule has 0 aliphatic rings. The fourth-order valence-corrected chi connectivity index (χ4v) is 3.94. The number of benzene rings is 2. The Labute approximate surface area is 183 Å². The number of imidazole rings is 1. The Morgan fingerprint density at radius 3 is 2.59 bits per heavy atom. The Balaban J connectivity index is 1.69. The van der Waals surface area contributed by atoms with Crippen LogP contribution in [0.1, 0.15) is 33.0 Å². The molecule has 2 aromatic carbocycles. The number of pyridine rings is 1. The van der Waals surface area contributed by atoms with Crippen molar-refractivity contribution in [2.45, 2.75) is 6.92 Å². The van der Waals surface area contributed by atoms with E-state index in [1.165, 1.54) is 24.3 Å². The summed E-state index contributed by atoms with van der Waals surface area (Å²) in [5.41, 5.74) is 5.12. The van der Waals surface area contributed by atoms with Crippen molar-refractivity contribution in [3.05, 3.63) is 107 Å². The number of nitrogens with one attached hydrogen (secondary N) is 1. The maximum atomic E-state index is 13.3. The molecule has 0 saturated heterocycles. The lowest BCUT2D eigenvalue weighted by Gasteiger charge is -2.04. The van der Waals surface area contributed by atoms with Crippen molar-refractivity contribution in [3.8, 4) is 6.07 Å². The third-order valence-electron chi connectivity index (χ3n) is 5.51. The largest absolute Gasteiger partial charge is 0.337 e. The van der Waals surface area contributed by atoms with E-state index in [1.807, 2.05) is 55.6 Å². The number of rotatable bonds is 4. The number of H-pyrrole nitrogens is 1. The van der Waals surface area contributed by atoms with Crippen LogP contribution in [0.3, 0.4) is 0 Å². The van der Waals surface area contributed by atoms with Gasteiger partial charge in [-0.05, 0) is 67.1 Å². The third-order valence-corrected chi connectivity index (χ3v) is 5.51. The minimum absolute atomic E-state index is 0.217. The minimum atomic E-state index is -0.397. The lowest BCUT2D eigenvalue weighted by atomic mass is 10.0. The van der Waals surface area contributed by atoms with Gasteiger partial charge >= 0.3 is 0 Å². The van der Waals surface area contributed by atoms with E-state index >= 15 is 0 Å². The summed E-state index contributed by atoms with van der Waals surface area (Å²) in [4.78, 5) is 21.0. The van der Waals surface area contributed by atoms with Gasteiger partial charge in [0.2, 0.25) is 5.78 Å². The van der Waals surface area contributed by atoms with Gasteiger partial charge in [0, 0.05) is 17.3 Å². The zero-order valence-electron chi connectivity index (χ0n) is 17.1. The lowest BCUT2D eigenvalue weighted by Crippen LogP contribution is -2.06. The first kappa shape index (κ1) is 19.5. The number of ketones is 1. The second-order valence-electron chi connectivity index (χ2n) is 7.45. The van der Waals surface area contributed by atoms with E-state index in [2.05, 4.69) is 16.0 Å². The zero-order valence-corrected chi connectivity index (χ0v) is 17.1. The van der Waals surface area contributed by atoms with Crippen molar-refractivity contribution in [2.75, 3.05) is 0 Å². The van der Waals surface area contributed by atoms with Gasteiger partial charge in [0.25, 0.3) is 0 Å². The maximum absolute atomic E-state index is 13.3. The fraction of sp³-hybridized carbons (Fsp3) is 0.0385. The number of nitriles is 1. The second kappa shape index (κ2) is 7.64. The summed E-state index contributed by atoms with van der Waals surface area (Å²) >= 11 is 0. The summed E-state index contributed by atoms with van der Waals surface area (Å²) in [6.45, 7) is 1.85. The quantitative estimate of drug-likeness (QED) is 0.306. The molecule has 1 N–H and O–H groups in total. The topological polar surface area (TPSA) is 73.9 Å². The molecular weight excluding hydrogens is 403 g/mol. The molecule has 0 spiro atoms. The molecule has 0 fully saturated rings. The van der Waals surface area contributed by atoms with Crippen LogP contribution in [0.2, 0.25) is 0 Å². The molecule has 5 aromatic rings. The number of aromatic nitrogens is 3. The number of para-hydroxylation sites is 2. The molecule has 0 amide bonds. The van der Waals surface area contributed by atoms with E-state index < -0.39 is 5.82 Å². The molecule has 3 aromatic heterocycles. The molecule has 0 atom stereocenters. The number of allylic oxidation sites excluding steroid dienone is 1. The first-order valence-electron chi connectivity index (χ1n) is 10.0. The smallest absolute Gasteiger partial charge is 0.210 e. The van der Waals surface area contributed by atoms with Crippen LogP contribution < -0.4 is 0 Å². The van der Waals surface area contributed by atoms with E-state index in [9.17, 15) is 14.4 Å². The molecule has 0 unspecified atom stereocenters. The molecule has 32 heavy (non-hydrogen) atoms. The van der Waals surface area contributed by atoms with Crippen molar-refractivity contribution in [1.82, 2.24) is 14.4 Å². The van der Waals surface area contributed by atoms with Crippen LogP contribution in [0.5, 0.6) is 0 Å². The maximum Gasteiger partial charge on any atom is 0.210 e. The lowest BCUT2D eigenvalue weighted by molar-refractivity contribution is 0.103. The van der Waals surface area contributed by atoms with Crippen LogP contribution >= 0.6 is 0 Å². The van der Waals surface area contributed by atoms with Crippen molar-refractivity contribution in [3.63, 3.8) is 0 Å². The Bertz CT molecular complexity index is 1530. The Hall–Kier alpha value is -4.50. The van der Waals surface area contributed by atoms with Crippen molar-refractivity contribution in [2.24, 2.45) is 0 Å². The van der Waals surface area contributed by atoms with Gasteiger partial charge in [0.1, 0.15) is 17.7 Å². The van der Waals surface area contributed by atoms with Crippen LogP contribution in [0, 0.1) is 24.1 Å². The molecule has 5 nitrogen and oxygen atoms in total. The van der Waals surface area contributed by atoms with Crippen LogP contribution in [-0.4, -0.2) is 20.2 Å². The number of carbonyl (C=O) groups is 1. The summed E-state index contributed by atoms with van der Waals surface area (Å²) in [6, 6.07) is 20.9. The predicted molar refractivity (Wildman–Crippen MR) is 122 cm³/mol. The predicted octanol–water partition coefficient (Wildman–Crippen LogP) is 5.56. The van der Waals surface area contributed by atoms with Gasteiger partial charge in [-0.15, -0.1) is 0 Å². The van der Waals surface area contributed by atoms with Crippen molar-refractivity contribution in [1.29, 1.82) is 5.26 Å². The van der Waals surface area contributed by atoms with Gasteiger partial charge in [0.05, 0.1) is 27.8 Å². The molecule has 5 rings (SSSR count). The third kappa shape index (κ3) is 3.17. The standard InChI is InChI=1S/C26H17FN4O/c1-16-20(14-18(15-28)26-29-21-6-2-3-7-22(21)30-26)23-8-4-5-13-31(23)24(16)25(32)17-9-11-19(27)12-10-17/h2-14H,1H3,(H,29,30)/b18-14-. The Kier molecular flexibility index (Phi) is 4.65. The highest BCUT2D eigenvalue weighted by atomic mass is 19.1. The Morgan fingerprint density at radius 1 is 1.09 bits per heavy atom. The van der Waals surface area contributed by atoms with Gasteiger partial charge in [-0.1, -0.05) is 18.2 Å². The molecule has 6 heteroatoms. The van der Waals surface area contributed by atoms with Gasteiger partial charge < -0.3 is 9.38 Å². The highest BCUT2D eigenvalue weighted by Gasteiger charge is 2.21. The normalized spacial score (nSPS) is 11.7. The van der Waals surface area contributed by atoms with E-state index in [1.54, 1.807) is 10.5 Å². The number of carbonyl (C=O) groups excluding carboxylic acids is 1. The number of fused-ring (bicyclic) bond motifs is 2. The molecule has 0 radical (unpaired) electrons. The van der Waals surface area contributed by atoms with Crippen molar-refractivity contribution >= 4 is 34.0 Å². The monoisotopic (exact) mass is 420 g/mol. The SMILES string of the molecule is Cc1c(/C=C(/C#N)c2nc3ccccc3[nH]2)c2ccccn2c1C(=O)c1ccc(F)cc1. The number of nitrogens with zero attached hydrogens (tertiary/aromatic N) is 3. The molecule has 0 aliphatic heterocycles. The summed E-state index contributed by atoms with van der Waals surface area (Å²) in [7, 11) is 0. The first-order chi connectivity index (χ1) is 15.6. The van der Waals surface area contributed by atoms with Gasteiger partial charge in [-0.2, -0.15) is 5.26 Å². The molecule has 0 aliphatic carbocycles. The Morgan fingerprint density at radius 2 is 1.84 bits per heavy atom. The van der Waals surface area contributed by atoms with Crippen LogP contribution in [0.4, 0.5) is 4.39 Å². The van der Waals surface area contributed by atoms with E-state index in [0.717, 1.165) is 27.7 Å².